The molecule has 142 valence electrons. The van der Waals surface area contributed by atoms with Crippen molar-refractivity contribution in [3.8, 4) is 0 Å². The maximum Gasteiger partial charge on any atom is 0.236 e. The minimum absolute atomic E-state index is 0.404. The quantitative estimate of drug-likeness (QED) is 0.429. The van der Waals surface area contributed by atoms with Gasteiger partial charge in [0.2, 0.25) is 5.79 Å². The van der Waals surface area contributed by atoms with E-state index >= 15 is 0 Å². The summed E-state index contributed by atoms with van der Waals surface area (Å²) in [4.78, 5) is 25.0. The van der Waals surface area contributed by atoms with Crippen molar-refractivity contribution in [2.75, 3.05) is 13.1 Å². The maximum atomic E-state index is 5.76. The third-order valence-corrected chi connectivity index (χ3v) is 3.75. The molecule has 1 saturated heterocycles. The lowest BCUT2D eigenvalue weighted by molar-refractivity contribution is -0.546. The normalized spacial score (nSPS) is 19.1. The molecule has 0 radical (unpaired) electrons. The van der Waals surface area contributed by atoms with Gasteiger partial charge in [0.05, 0.1) is 11.2 Å². The van der Waals surface area contributed by atoms with Gasteiger partial charge in [0.1, 0.15) is 0 Å². The Kier molecular flexibility index (Phi) is 6.62. The zero-order valence-corrected chi connectivity index (χ0v) is 16.5. The number of piperidine rings is 1. The van der Waals surface area contributed by atoms with Crippen molar-refractivity contribution in [2.24, 2.45) is 0 Å². The van der Waals surface area contributed by atoms with Crippen LogP contribution in [0.25, 0.3) is 0 Å². The van der Waals surface area contributed by atoms with Gasteiger partial charge in [-0.1, -0.05) is 30.3 Å². The molecule has 0 unspecified atom stereocenters. The Morgan fingerprint density at radius 1 is 0.840 bits per heavy atom. The van der Waals surface area contributed by atoms with Gasteiger partial charge in [-0.25, -0.2) is 9.78 Å². The highest BCUT2D eigenvalue weighted by Gasteiger charge is 2.41. The lowest BCUT2D eigenvalue weighted by Crippen LogP contribution is -2.49. The Bertz CT molecular complexity index is 491. The monoisotopic (exact) mass is 351 g/mol. The summed E-state index contributed by atoms with van der Waals surface area (Å²) in [6, 6.07) is 10.5. The van der Waals surface area contributed by atoms with E-state index in [0.29, 0.717) is 12.8 Å². The Labute approximate surface area is 152 Å². The summed E-state index contributed by atoms with van der Waals surface area (Å²) in [5, 5.41) is 0. The van der Waals surface area contributed by atoms with Crippen molar-refractivity contribution in [2.45, 2.75) is 77.9 Å². The standard InChI is InChI=1S/C20H33NO4/c1-18(2,3)22-24-20(25-23-19(4,5)6)12-14-21(15-13-20)16-17-10-8-7-9-11-17/h7-11H,12-16H2,1-6H3. The molecule has 0 atom stereocenters. The minimum Gasteiger partial charge on any atom is -0.299 e. The van der Waals surface area contributed by atoms with Crippen LogP contribution < -0.4 is 0 Å². The first-order valence-corrected chi connectivity index (χ1v) is 9.07. The fraction of sp³-hybridized carbons (Fsp3) is 0.700. The summed E-state index contributed by atoms with van der Waals surface area (Å²) >= 11 is 0. The van der Waals surface area contributed by atoms with E-state index in [1.807, 2.05) is 47.6 Å². The molecule has 1 aliphatic heterocycles. The average molecular weight is 351 g/mol. The third-order valence-electron chi connectivity index (χ3n) is 3.75. The molecule has 1 heterocycles. The highest BCUT2D eigenvalue weighted by atomic mass is 17.3. The first-order valence-electron chi connectivity index (χ1n) is 9.07. The Morgan fingerprint density at radius 2 is 1.32 bits per heavy atom. The van der Waals surface area contributed by atoms with E-state index in [2.05, 4.69) is 29.2 Å². The van der Waals surface area contributed by atoms with Crippen LogP contribution in [0.1, 0.15) is 59.9 Å². The second-order valence-electron chi connectivity index (χ2n) is 8.73. The molecule has 0 N–H and O–H groups in total. The van der Waals surface area contributed by atoms with E-state index in [1.54, 1.807) is 0 Å². The van der Waals surface area contributed by atoms with Crippen molar-refractivity contribution in [3.63, 3.8) is 0 Å². The van der Waals surface area contributed by atoms with Crippen LogP contribution in [0.5, 0.6) is 0 Å². The van der Waals surface area contributed by atoms with E-state index in [4.69, 9.17) is 19.6 Å². The zero-order chi connectivity index (χ0) is 18.6. The lowest BCUT2D eigenvalue weighted by atomic mass is 10.0. The van der Waals surface area contributed by atoms with E-state index in [0.717, 1.165) is 19.6 Å². The fourth-order valence-electron chi connectivity index (χ4n) is 2.48. The van der Waals surface area contributed by atoms with Gasteiger partial charge < -0.3 is 0 Å². The first kappa shape index (κ1) is 20.3. The number of nitrogens with zero attached hydrogens (tertiary/aromatic N) is 1. The van der Waals surface area contributed by atoms with Gasteiger partial charge in [0, 0.05) is 32.5 Å². The molecular weight excluding hydrogens is 318 g/mol. The van der Waals surface area contributed by atoms with Crippen molar-refractivity contribution < 1.29 is 19.6 Å². The number of hydrogen-bond donors (Lipinski definition) is 0. The summed E-state index contributed by atoms with van der Waals surface area (Å²) in [5.41, 5.74) is 0.507. The first-order chi connectivity index (χ1) is 11.6. The topological polar surface area (TPSA) is 40.2 Å². The molecule has 25 heavy (non-hydrogen) atoms. The van der Waals surface area contributed by atoms with Crippen molar-refractivity contribution in [1.29, 1.82) is 0 Å². The van der Waals surface area contributed by atoms with Gasteiger partial charge >= 0.3 is 0 Å². The highest BCUT2D eigenvalue weighted by Crippen LogP contribution is 2.32. The van der Waals surface area contributed by atoms with Crippen LogP contribution >= 0.6 is 0 Å². The van der Waals surface area contributed by atoms with E-state index in [-0.39, 0.29) is 0 Å². The second kappa shape index (κ2) is 8.14. The predicted molar refractivity (Wildman–Crippen MR) is 97.5 cm³/mol. The third kappa shape index (κ3) is 7.42. The maximum absolute atomic E-state index is 5.76. The molecule has 1 aliphatic rings. The van der Waals surface area contributed by atoms with Gasteiger partial charge in [-0.15, -0.1) is 0 Å². The largest absolute Gasteiger partial charge is 0.299 e. The Hall–Kier alpha value is -0.980. The van der Waals surface area contributed by atoms with Crippen LogP contribution in [-0.2, 0) is 26.1 Å². The molecule has 0 amide bonds. The van der Waals surface area contributed by atoms with E-state index < -0.39 is 17.0 Å². The fourth-order valence-corrected chi connectivity index (χ4v) is 2.48. The van der Waals surface area contributed by atoms with Gasteiger partial charge in [-0.3, -0.25) is 4.90 Å². The number of likely N-dealkylation sites (tertiary alicyclic amines) is 1. The Balaban J connectivity index is 1.95. The van der Waals surface area contributed by atoms with Crippen LogP contribution in [-0.4, -0.2) is 35.0 Å². The summed E-state index contributed by atoms with van der Waals surface area (Å²) in [6.45, 7) is 14.4. The molecule has 0 saturated carbocycles. The zero-order valence-electron chi connectivity index (χ0n) is 16.5. The average Bonchev–Trinajstić information content (AvgIpc) is 2.53. The Morgan fingerprint density at radius 3 is 1.76 bits per heavy atom. The SMILES string of the molecule is CC(C)(C)OOC1(OOC(C)(C)C)CCN(Cc2ccccc2)CC1. The van der Waals surface area contributed by atoms with E-state index in [1.165, 1.54) is 5.56 Å². The molecule has 5 heteroatoms. The molecule has 1 aromatic rings. The second-order valence-corrected chi connectivity index (χ2v) is 8.73. The molecular formula is C20H33NO4. The minimum atomic E-state index is -0.867. The summed E-state index contributed by atoms with van der Waals surface area (Å²) < 4.78 is 0. The number of rotatable bonds is 6. The molecule has 0 bridgehead atoms. The molecule has 2 rings (SSSR count). The molecule has 5 nitrogen and oxygen atoms in total. The van der Waals surface area contributed by atoms with E-state index in [9.17, 15) is 0 Å². The van der Waals surface area contributed by atoms with Crippen LogP contribution in [0, 0.1) is 0 Å². The summed E-state index contributed by atoms with van der Waals surface area (Å²) in [7, 11) is 0. The number of hydrogen-bond acceptors (Lipinski definition) is 5. The summed E-state index contributed by atoms with van der Waals surface area (Å²) in [5.74, 6) is -0.867. The predicted octanol–water partition coefficient (Wildman–Crippen LogP) is 4.47. The van der Waals surface area contributed by atoms with Crippen molar-refractivity contribution in [1.82, 2.24) is 4.90 Å². The van der Waals surface area contributed by atoms with Crippen LogP contribution in [0.3, 0.4) is 0 Å². The molecule has 0 aromatic heterocycles. The van der Waals surface area contributed by atoms with Gasteiger partial charge in [-0.2, -0.15) is 9.78 Å². The lowest BCUT2D eigenvalue weighted by Gasteiger charge is -2.41. The van der Waals surface area contributed by atoms with Gasteiger partial charge in [-0.05, 0) is 47.1 Å². The van der Waals surface area contributed by atoms with Gasteiger partial charge in [0.25, 0.3) is 0 Å². The van der Waals surface area contributed by atoms with Gasteiger partial charge in [0.15, 0.2) is 0 Å². The van der Waals surface area contributed by atoms with Crippen molar-refractivity contribution in [3.05, 3.63) is 35.9 Å². The highest BCUT2D eigenvalue weighted by molar-refractivity contribution is 5.14. The molecule has 1 aromatic carbocycles. The van der Waals surface area contributed by atoms with Crippen LogP contribution in [0.4, 0.5) is 0 Å². The smallest absolute Gasteiger partial charge is 0.236 e. The molecule has 0 spiro atoms. The summed E-state index contributed by atoms with van der Waals surface area (Å²) in [6.07, 6.45) is 1.37. The molecule has 0 aliphatic carbocycles. The molecule has 1 fully saturated rings. The van der Waals surface area contributed by atoms with Crippen molar-refractivity contribution >= 4 is 0 Å². The van der Waals surface area contributed by atoms with Crippen LogP contribution in [0.15, 0.2) is 30.3 Å². The van der Waals surface area contributed by atoms with Crippen LogP contribution in [0.2, 0.25) is 0 Å². The number of benzene rings is 1.